The maximum atomic E-state index is 9.46. The summed E-state index contributed by atoms with van der Waals surface area (Å²) in [6.45, 7) is 6.36. The number of aliphatic hydroxyl groups is 1. The van der Waals surface area contributed by atoms with Gasteiger partial charge in [0.05, 0.1) is 18.8 Å². The summed E-state index contributed by atoms with van der Waals surface area (Å²) >= 11 is 0. The van der Waals surface area contributed by atoms with Crippen LogP contribution < -0.4 is 0 Å². The molecule has 2 atom stereocenters. The van der Waals surface area contributed by atoms with Crippen molar-refractivity contribution in [1.82, 2.24) is 0 Å². The van der Waals surface area contributed by atoms with Crippen LogP contribution in [0.25, 0.3) is 0 Å². The number of benzene rings is 1. The minimum Gasteiger partial charge on any atom is -0.389 e. The van der Waals surface area contributed by atoms with Crippen LogP contribution in [-0.2, 0) is 16.1 Å². The fourth-order valence-electron chi connectivity index (χ4n) is 1.60. The molecule has 0 amide bonds. The minimum atomic E-state index is -0.510. The summed E-state index contributed by atoms with van der Waals surface area (Å²) in [5.74, 6) is 0. The third-order valence-corrected chi connectivity index (χ3v) is 2.73. The summed E-state index contributed by atoms with van der Waals surface area (Å²) in [4.78, 5) is 0. The van der Waals surface area contributed by atoms with Gasteiger partial charge in [-0.3, -0.25) is 0 Å². The third kappa shape index (κ3) is 5.96. The Hall–Kier alpha value is -1.16. The van der Waals surface area contributed by atoms with Gasteiger partial charge in [-0.2, -0.15) is 0 Å². The number of ether oxygens (including phenoxy) is 2. The van der Waals surface area contributed by atoms with Crippen molar-refractivity contribution in [2.45, 2.75) is 38.6 Å². The predicted molar refractivity (Wildman–Crippen MR) is 72.1 cm³/mol. The molecular weight excluding hydrogens is 228 g/mol. The number of hydrogen-bond donors (Lipinski definition) is 1. The molecule has 1 aromatic carbocycles. The minimum absolute atomic E-state index is 0.00812. The summed E-state index contributed by atoms with van der Waals surface area (Å²) in [6.07, 6.45) is 2.43. The maximum absolute atomic E-state index is 9.46. The molecule has 0 unspecified atom stereocenters. The second-order valence-corrected chi connectivity index (χ2v) is 4.19. The zero-order chi connectivity index (χ0) is 13.2. The highest BCUT2D eigenvalue weighted by Gasteiger charge is 2.10. The molecule has 1 aromatic rings. The summed E-state index contributed by atoms with van der Waals surface area (Å²) in [5, 5.41) is 9.46. The quantitative estimate of drug-likeness (QED) is 0.416. The molecule has 1 N–H and O–H groups in total. The summed E-state index contributed by atoms with van der Waals surface area (Å²) < 4.78 is 11.0. The fourth-order valence-corrected chi connectivity index (χ4v) is 1.60. The maximum Gasteiger partial charge on any atom is 0.147 e. The van der Waals surface area contributed by atoms with Gasteiger partial charge in [0.2, 0.25) is 0 Å². The van der Waals surface area contributed by atoms with E-state index in [2.05, 4.69) is 6.58 Å². The Labute approximate surface area is 109 Å². The Morgan fingerprint density at radius 1 is 1.33 bits per heavy atom. The van der Waals surface area contributed by atoms with Gasteiger partial charge in [0.1, 0.15) is 6.79 Å². The molecule has 0 aliphatic heterocycles. The van der Waals surface area contributed by atoms with E-state index in [-0.39, 0.29) is 12.9 Å². The Kier molecular flexibility index (Phi) is 7.34. The molecule has 0 aliphatic carbocycles. The molecule has 1 rings (SSSR count). The van der Waals surface area contributed by atoms with Crippen LogP contribution in [0.3, 0.4) is 0 Å². The van der Waals surface area contributed by atoms with E-state index in [4.69, 9.17) is 9.47 Å². The zero-order valence-electron chi connectivity index (χ0n) is 10.9. The van der Waals surface area contributed by atoms with E-state index in [1.54, 1.807) is 0 Å². The van der Waals surface area contributed by atoms with Gasteiger partial charge in [0.25, 0.3) is 0 Å². The van der Waals surface area contributed by atoms with Crippen molar-refractivity contribution in [1.29, 1.82) is 0 Å². The average Bonchev–Trinajstić information content (AvgIpc) is 2.43. The number of hydrogen-bond acceptors (Lipinski definition) is 3. The first-order valence-electron chi connectivity index (χ1n) is 6.30. The summed E-state index contributed by atoms with van der Waals surface area (Å²) in [7, 11) is 0. The van der Waals surface area contributed by atoms with Crippen molar-refractivity contribution >= 4 is 0 Å². The molecule has 0 bridgehead atoms. The van der Waals surface area contributed by atoms with Gasteiger partial charge in [-0.25, -0.2) is 0 Å². The number of rotatable bonds is 9. The molecule has 0 aromatic heterocycles. The smallest absolute Gasteiger partial charge is 0.147 e. The van der Waals surface area contributed by atoms with Gasteiger partial charge in [-0.1, -0.05) is 43.3 Å². The highest BCUT2D eigenvalue weighted by atomic mass is 16.7. The summed E-state index contributed by atoms with van der Waals surface area (Å²) in [6, 6.07) is 9.96. The molecule has 0 aliphatic rings. The standard InChI is InChI=1S/C15H22O3/c1-3-14(16)10-15(4-2)18-12-17-11-13-8-6-5-7-9-13/h3,5-9,14-16H,1,4,10-12H2,2H3/t14-,15+/m0/s1. The van der Waals surface area contributed by atoms with Gasteiger partial charge in [0.15, 0.2) is 0 Å². The highest BCUT2D eigenvalue weighted by molar-refractivity contribution is 5.13. The second kappa shape index (κ2) is 8.86. The fraction of sp³-hybridized carbons (Fsp3) is 0.467. The zero-order valence-corrected chi connectivity index (χ0v) is 10.9. The van der Waals surface area contributed by atoms with Crippen molar-refractivity contribution in [2.75, 3.05) is 6.79 Å². The predicted octanol–water partition coefficient (Wildman–Crippen LogP) is 2.89. The van der Waals surface area contributed by atoms with E-state index in [1.807, 2.05) is 37.3 Å². The van der Waals surface area contributed by atoms with Crippen molar-refractivity contribution in [2.24, 2.45) is 0 Å². The lowest BCUT2D eigenvalue weighted by Crippen LogP contribution is -2.20. The Balaban J connectivity index is 2.17. The largest absolute Gasteiger partial charge is 0.389 e. The average molecular weight is 250 g/mol. The highest BCUT2D eigenvalue weighted by Crippen LogP contribution is 2.08. The van der Waals surface area contributed by atoms with Crippen molar-refractivity contribution in [3.05, 3.63) is 48.6 Å². The first kappa shape index (κ1) is 14.9. The van der Waals surface area contributed by atoms with Crippen LogP contribution in [0.1, 0.15) is 25.3 Å². The van der Waals surface area contributed by atoms with Gasteiger partial charge in [-0.15, -0.1) is 6.58 Å². The van der Waals surface area contributed by atoms with Gasteiger partial charge < -0.3 is 14.6 Å². The molecule has 100 valence electrons. The molecule has 0 saturated heterocycles. The lowest BCUT2D eigenvalue weighted by molar-refractivity contribution is -0.104. The second-order valence-electron chi connectivity index (χ2n) is 4.19. The van der Waals surface area contributed by atoms with Gasteiger partial charge in [-0.05, 0) is 12.0 Å². The third-order valence-electron chi connectivity index (χ3n) is 2.73. The normalized spacial score (nSPS) is 14.1. The van der Waals surface area contributed by atoms with Crippen LogP contribution in [0.15, 0.2) is 43.0 Å². The van der Waals surface area contributed by atoms with Crippen molar-refractivity contribution < 1.29 is 14.6 Å². The van der Waals surface area contributed by atoms with E-state index in [0.29, 0.717) is 13.0 Å². The molecule has 0 saturated carbocycles. The Bertz CT molecular complexity index is 324. The lowest BCUT2D eigenvalue weighted by atomic mass is 10.1. The van der Waals surface area contributed by atoms with Crippen LogP contribution in [-0.4, -0.2) is 24.1 Å². The van der Waals surface area contributed by atoms with Crippen LogP contribution in [0, 0.1) is 0 Å². The van der Waals surface area contributed by atoms with Crippen LogP contribution in [0.4, 0.5) is 0 Å². The van der Waals surface area contributed by atoms with Crippen LogP contribution in [0.2, 0.25) is 0 Å². The first-order chi connectivity index (χ1) is 8.76. The number of aliphatic hydroxyl groups excluding tert-OH is 1. The first-order valence-corrected chi connectivity index (χ1v) is 6.30. The molecule has 0 spiro atoms. The topological polar surface area (TPSA) is 38.7 Å². The molecular formula is C15H22O3. The monoisotopic (exact) mass is 250 g/mol. The molecule has 18 heavy (non-hydrogen) atoms. The molecule has 3 heteroatoms. The van der Waals surface area contributed by atoms with Crippen LogP contribution >= 0.6 is 0 Å². The van der Waals surface area contributed by atoms with E-state index in [9.17, 15) is 5.11 Å². The SMILES string of the molecule is C=C[C@H](O)C[C@@H](CC)OCOCc1ccccc1. The van der Waals surface area contributed by atoms with E-state index >= 15 is 0 Å². The Morgan fingerprint density at radius 2 is 2.06 bits per heavy atom. The summed E-state index contributed by atoms with van der Waals surface area (Å²) in [5.41, 5.74) is 1.13. The van der Waals surface area contributed by atoms with E-state index < -0.39 is 6.10 Å². The van der Waals surface area contributed by atoms with Gasteiger partial charge >= 0.3 is 0 Å². The molecule has 0 heterocycles. The van der Waals surface area contributed by atoms with Crippen molar-refractivity contribution in [3.63, 3.8) is 0 Å². The van der Waals surface area contributed by atoms with Crippen LogP contribution in [0.5, 0.6) is 0 Å². The van der Waals surface area contributed by atoms with E-state index in [1.165, 1.54) is 6.08 Å². The molecule has 3 nitrogen and oxygen atoms in total. The Morgan fingerprint density at radius 3 is 2.67 bits per heavy atom. The lowest BCUT2D eigenvalue weighted by Gasteiger charge is -2.17. The van der Waals surface area contributed by atoms with Gasteiger partial charge in [0, 0.05) is 6.42 Å². The van der Waals surface area contributed by atoms with E-state index in [0.717, 1.165) is 12.0 Å². The van der Waals surface area contributed by atoms with Crippen molar-refractivity contribution in [3.8, 4) is 0 Å². The molecule has 0 radical (unpaired) electrons. The molecule has 0 fully saturated rings.